The average Bonchev–Trinajstić information content (AvgIpc) is 2.91. The Morgan fingerprint density at radius 2 is 2.25 bits per heavy atom. The van der Waals surface area contributed by atoms with Gasteiger partial charge in [0.1, 0.15) is 4.83 Å². The molecule has 3 N–H and O–H groups in total. The van der Waals surface area contributed by atoms with Crippen molar-refractivity contribution in [3.8, 4) is 0 Å². The molecule has 6 nitrogen and oxygen atoms in total. The summed E-state index contributed by atoms with van der Waals surface area (Å²) >= 11 is 4.72. The van der Waals surface area contributed by atoms with Crippen LogP contribution < -0.4 is 16.8 Å². The number of nitrogen functional groups attached to an aromatic ring is 1. The zero-order valence-corrected chi connectivity index (χ0v) is 12.6. The maximum absolute atomic E-state index is 12.0. The Morgan fingerprint density at radius 3 is 3.05 bits per heavy atom. The van der Waals surface area contributed by atoms with Gasteiger partial charge < -0.3 is 9.99 Å². The lowest BCUT2D eigenvalue weighted by atomic mass is 10.3. The van der Waals surface area contributed by atoms with Crippen molar-refractivity contribution >= 4 is 43.3 Å². The van der Waals surface area contributed by atoms with Crippen molar-refractivity contribution in [3.63, 3.8) is 0 Å². The van der Waals surface area contributed by atoms with Crippen LogP contribution in [-0.2, 0) is 6.54 Å². The summed E-state index contributed by atoms with van der Waals surface area (Å²) in [4.78, 5) is 21.6. The van der Waals surface area contributed by atoms with Crippen LogP contribution in [0.15, 0.2) is 39.0 Å². The van der Waals surface area contributed by atoms with Crippen LogP contribution in [0.5, 0.6) is 0 Å². The van der Waals surface area contributed by atoms with E-state index in [0.29, 0.717) is 22.7 Å². The van der Waals surface area contributed by atoms with E-state index in [1.165, 1.54) is 11.3 Å². The Bertz CT molecular complexity index is 828. The lowest BCUT2D eigenvalue weighted by Crippen LogP contribution is -2.21. The van der Waals surface area contributed by atoms with Gasteiger partial charge in [-0.1, -0.05) is 0 Å². The molecule has 3 heterocycles. The molecule has 0 bridgehead atoms. The number of hydrogen-bond acceptors (Lipinski definition) is 6. The summed E-state index contributed by atoms with van der Waals surface area (Å²) in [7, 11) is 0. The normalized spacial score (nSPS) is 10.9. The number of halogens is 1. The number of nitrogens with one attached hydrogen (secondary N) is 1. The lowest BCUT2D eigenvalue weighted by molar-refractivity contribution is 0.716. The monoisotopic (exact) mass is 351 g/mol. The number of rotatable bonds is 3. The summed E-state index contributed by atoms with van der Waals surface area (Å²) in [6.45, 7) is 0.292. The maximum atomic E-state index is 12.0. The van der Waals surface area contributed by atoms with Gasteiger partial charge in [-0.15, -0.1) is 11.3 Å². The van der Waals surface area contributed by atoms with Gasteiger partial charge in [-0.25, -0.2) is 15.8 Å². The predicted molar refractivity (Wildman–Crippen MR) is 82.7 cm³/mol. The van der Waals surface area contributed by atoms with Crippen LogP contribution in [0.1, 0.15) is 5.82 Å². The van der Waals surface area contributed by atoms with E-state index in [4.69, 9.17) is 5.84 Å². The van der Waals surface area contributed by atoms with Crippen molar-refractivity contribution in [2.24, 2.45) is 5.84 Å². The first-order valence-corrected chi connectivity index (χ1v) is 7.42. The molecule has 0 fully saturated rings. The van der Waals surface area contributed by atoms with Crippen molar-refractivity contribution < 1.29 is 0 Å². The van der Waals surface area contributed by atoms with Crippen molar-refractivity contribution in [2.75, 3.05) is 5.43 Å². The van der Waals surface area contributed by atoms with Gasteiger partial charge >= 0.3 is 0 Å². The maximum Gasteiger partial charge on any atom is 0.265 e. The van der Waals surface area contributed by atoms with Crippen LogP contribution in [0.25, 0.3) is 10.2 Å². The second kappa shape index (κ2) is 5.31. The Balaban J connectivity index is 2.06. The second-order valence-electron chi connectivity index (χ2n) is 4.06. The average molecular weight is 352 g/mol. The molecule has 0 aliphatic rings. The minimum Gasteiger partial charge on any atom is -0.308 e. The highest BCUT2D eigenvalue weighted by Crippen LogP contribution is 2.24. The molecule has 0 saturated heterocycles. The number of hydrogen-bond donors (Lipinski definition) is 2. The van der Waals surface area contributed by atoms with Crippen molar-refractivity contribution in [2.45, 2.75) is 6.54 Å². The standard InChI is InChI=1S/C12H10BrN5OS/c13-8-2-1-4-18(12(8)19)6-9-15-10(17-14)7-3-5-20-11(7)16-9/h1-5H,6,14H2,(H,15,16,17). The fourth-order valence-corrected chi connectivity index (χ4v) is 3.03. The molecule has 8 heteroatoms. The molecular weight excluding hydrogens is 342 g/mol. The largest absolute Gasteiger partial charge is 0.308 e. The molecule has 102 valence electrons. The second-order valence-corrected chi connectivity index (χ2v) is 5.81. The van der Waals surface area contributed by atoms with Gasteiger partial charge in [0.05, 0.1) is 16.4 Å². The van der Waals surface area contributed by atoms with Crippen LogP contribution >= 0.6 is 27.3 Å². The molecule has 3 aromatic rings. The summed E-state index contributed by atoms with van der Waals surface area (Å²) in [6.07, 6.45) is 1.70. The first-order valence-electron chi connectivity index (χ1n) is 5.74. The molecule has 0 unspecified atom stereocenters. The van der Waals surface area contributed by atoms with Crippen molar-refractivity contribution in [1.29, 1.82) is 0 Å². The zero-order chi connectivity index (χ0) is 14.1. The number of fused-ring (bicyclic) bond motifs is 1. The van der Waals surface area contributed by atoms with Gasteiger partial charge in [-0.2, -0.15) is 0 Å². The van der Waals surface area contributed by atoms with E-state index < -0.39 is 0 Å². The fraction of sp³-hybridized carbons (Fsp3) is 0.0833. The third kappa shape index (κ3) is 2.33. The topological polar surface area (TPSA) is 85.8 Å². The first kappa shape index (κ1) is 13.2. The predicted octanol–water partition coefficient (Wildman–Crippen LogP) is 1.95. The highest BCUT2D eigenvalue weighted by atomic mass is 79.9. The molecule has 0 aromatic carbocycles. The van der Waals surface area contributed by atoms with Gasteiger partial charge in [-0.3, -0.25) is 4.79 Å². The summed E-state index contributed by atoms with van der Waals surface area (Å²) in [5, 5.41) is 2.80. The lowest BCUT2D eigenvalue weighted by Gasteiger charge is -2.07. The van der Waals surface area contributed by atoms with Gasteiger partial charge in [0.2, 0.25) is 0 Å². The van der Waals surface area contributed by atoms with Gasteiger partial charge in [0, 0.05) is 6.20 Å². The van der Waals surface area contributed by atoms with Crippen LogP contribution in [0, 0.1) is 0 Å². The van der Waals surface area contributed by atoms with Gasteiger partial charge in [0.25, 0.3) is 5.56 Å². The zero-order valence-electron chi connectivity index (χ0n) is 10.2. The Labute approximate surface area is 126 Å². The molecule has 0 radical (unpaired) electrons. The summed E-state index contributed by atoms with van der Waals surface area (Å²) in [5.41, 5.74) is 2.45. The molecule has 3 aromatic heterocycles. The van der Waals surface area contributed by atoms with Gasteiger partial charge in [0.15, 0.2) is 11.6 Å². The Morgan fingerprint density at radius 1 is 1.40 bits per heavy atom. The van der Waals surface area contributed by atoms with Crippen LogP contribution in [0.4, 0.5) is 5.82 Å². The van der Waals surface area contributed by atoms with Crippen LogP contribution in [-0.4, -0.2) is 14.5 Å². The van der Waals surface area contributed by atoms with Crippen LogP contribution in [0.3, 0.4) is 0 Å². The molecule has 0 spiro atoms. The number of nitrogens with two attached hydrogens (primary N) is 1. The minimum absolute atomic E-state index is 0.121. The summed E-state index contributed by atoms with van der Waals surface area (Å²) in [5.74, 6) is 6.58. The molecule has 0 amide bonds. The van der Waals surface area contributed by atoms with E-state index in [-0.39, 0.29) is 5.56 Å². The number of anilines is 1. The SMILES string of the molecule is NNc1nc(Cn2cccc(Br)c2=O)nc2sccc12. The van der Waals surface area contributed by atoms with Crippen LogP contribution in [0.2, 0.25) is 0 Å². The molecule has 0 aliphatic heterocycles. The number of pyridine rings is 1. The Hall–Kier alpha value is -1.77. The van der Waals surface area contributed by atoms with Crippen molar-refractivity contribution in [3.05, 3.63) is 50.4 Å². The molecule has 0 atom stereocenters. The quantitative estimate of drug-likeness (QED) is 0.556. The highest BCUT2D eigenvalue weighted by molar-refractivity contribution is 9.10. The van der Waals surface area contributed by atoms with E-state index in [0.717, 1.165) is 10.2 Å². The van der Waals surface area contributed by atoms with E-state index in [1.54, 1.807) is 22.9 Å². The van der Waals surface area contributed by atoms with E-state index >= 15 is 0 Å². The number of aromatic nitrogens is 3. The van der Waals surface area contributed by atoms with Crippen molar-refractivity contribution in [1.82, 2.24) is 14.5 Å². The highest BCUT2D eigenvalue weighted by Gasteiger charge is 2.09. The third-order valence-electron chi connectivity index (χ3n) is 2.79. The van der Waals surface area contributed by atoms with Gasteiger partial charge in [-0.05, 0) is 39.5 Å². The number of thiophene rings is 1. The molecular formula is C12H10BrN5OS. The Kier molecular flexibility index (Phi) is 3.51. The molecule has 0 saturated carbocycles. The fourth-order valence-electron chi connectivity index (χ4n) is 1.86. The summed E-state index contributed by atoms with van der Waals surface area (Å²) < 4.78 is 2.05. The number of nitrogens with zero attached hydrogens (tertiary/aromatic N) is 3. The minimum atomic E-state index is -0.121. The summed E-state index contributed by atoms with van der Waals surface area (Å²) in [6, 6.07) is 5.40. The molecule has 3 rings (SSSR count). The molecule has 0 aliphatic carbocycles. The molecule has 20 heavy (non-hydrogen) atoms. The first-order chi connectivity index (χ1) is 9.69. The third-order valence-corrected chi connectivity index (χ3v) is 4.20. The van der Waals surface area contributed by atoms with E-state index in [1.807, 2.05) is 11.4 Å². The number of hydrazine groups is 1. The van der Waals surface area contributed by atoms with E-state index in [2.05, 4.69) is 31.3 Å². The van der Waals surface area contributed by atoms with E-state index in [9.17, 15) is 4.79 Å². The smallest absolute Gasteiger partial charge is 0.265 e.